The number of nitrogens with zero attached hydrogens (tertiary/aromatic N) is 3. The minimum atomic E-state index is -0.141. The molecule has 1 aromatic heterocycles. The van der Waals surface area contributed by atoms with Crippen LogP contribution in [0, 0.1) is 16.7 Å². The monoisotopic (exact) mass is 306 g/mol. The number of nitriles is 1. The summed E-state index contributed by atoms with van der Waals surface area (Å²) in [5, 5.41) is 10.2. The Bertz CT molecular complexity index is 588. The quantitative estimate of drug-likeness (QED) is 0.911. The zero-order valence-electron chi connectivity index (χ0n) is 13.1. The van der Waals surface area contributed by atoms with Crippen LogP contribution in [0.5, 0.6) is 0 Å². The highest BCUT2D eigenvalue weighted by Crippen LogP contribution is 2.41. The molecule has 2 N–H and O–H groups in total. The van der Waals surface area contributed by atoms with Crippen LogP contribution in [0.15, 0.2) is 0 Å². The maximum absolute atomic E-state index is 12.2. The van der Waals surface area contributed by atoms with Crippen LogP contribution in [0.4, 0.5) is 10.7 Å². The maximum Gasteiger partial charge on any atom is 0.265 e. The van der Waals surface area contributed by atoms with Gasteiger partial charge in [-0.3, -0.25) is 4.79 Å². The third-order valence-corrected chi connectivity index (χ3v) is 5.30. The number of hydrogen-bond acceptors (Lipinski definition) is 5. The Kier molecular flexibility index (Phi) is 4.15. The second-order valence-electron chi connectivity index (χ2n) is 6.49. The summed E-state index contributed by atoms with van der Waals surface area (Å²) in [5.41, 5.74) is 7.14. The molecule has 114 valence electrons. The second kappa shape index (κ2) is 5.57. The Morgan fingerprint density at radius 3 is 2.43 bits per heavy atom. The summed E-state index contributed by atoms with van der Waals surface area (Å²) < 4.78 is 0. The largest absolute Gasteiger partial charge is 0.396 e. The normalized spacial score (nSPS) is 17.4. The van der Waals surface area contributed by atoms with Crippen LogP contribution in [-0.4, -0.2) is 38.0 Å². The molecule has 2 heterocycles. The lowest BCUT2D eigenvalue weighted by atomic mass is 9.83. The Hall–Kier alpha value is -1.74. The highest BCUT2D eigenvalue weighted by atomic mass is 32.1. The first-order valence-electron chi connectivity index (χ1n) is 7.06. The summed E-state index contributed by atoms with van der Waals surface area (Å²) in [6.45, 7) is 6.33. The molecule has 0 bridgehead atoms. The summed E-state index contributed by atoms with van der Waals surface area (Å²) in [7, 11) is 3.38. The van der Waals surface area contributed by atoms with Crippen molar-refractivity contribution in [2.24, 2.45) is 5.41 Å². The van der Waals surface area contributed by atoms with Crippen LogP contribution in [-0.2, 0) is 0 Å². The van der Waals surface area contributed by atoms with Crippen molar-refractivity contribution in [3.63, 3.8) is 0 Å². The molecule has 2 rings (SSSR count). The van der Waals surface area contributed by atoms with Gasteiger partial charge in [0.25, 0.3) is 5.91 Å². The van der Waals surface area contributed by atoms with E-state index in [0.717, 1.165) is 30.9 Å². The molecule has 6 heteroatoms. The van der Waals surface area contributed by atoms with E-state index in [4.69, 9.17) is 5.73 Å². The number of amides is 1. The van der Waals surface area contributed by atoms with Gasteiger partial charge in [0, 0.05) is 27.2 Å². The second-order valence-corrected chi connectivity index (χ2v) is 7.49. The van der Waals surface area contributed by atoms with Crippen LogP contribution >= 0.6 is 11.3 Å². The van der Waals surface area contributed by atoms with Crippen LogP contribution < -0.4 is 10.6 Å². The number of rotatable bonds is 2. The standard InChI is InChI=1S/C15H22N4OS/c1-15(2)5-7-19(8-6-15)14-10(9-16)11(17)12(21-14)13(20)18(3)4/h5-8,17H2,1-4H3. The first-order chi connectivity index (χ1) is 9.76. The topological polar surface area (TPSA) is 73.4 Å². The first kappa shape index (κ1) is 15.6. The van der Waals surface area contributed by atoms with Gasteiger partial charge in [-0.15, -0.1) is 11.3 Å². The highest BCUT2D eigenvalue weighted by Gasteiger charge is 2.30. The molecule has 0 aliphatic carbocycles. The fourth-order valence-electron chi connectivity index (χ4n) is 2.44. The molecule has 0 spiro atoms. The molecule has 1 aromatic rings. The number of carbonyl (C=O) groups is 1. The van der Waals surface area contributed by atoms with E-state index in [2.05, 4.69) is 24.8 Å². The van der Waals surface area contributed by atoms with Gasteiger partial charge in [-0.1, -0.05) is 13.8 Å². The Labute approximate surface area is 129 Å². The molecule has 0 unspecified atom stereocenters. The summed E-state index contributed by atoms with van der Waals surface area (Å²) in [6, 6.07) is 2.17. The van der Waals surface area contributed by atoms with E-state index in [1.165, 1.54) is 16.2 Å². The molecule has 5 nitrogen and oxygen atoms in total. The summed E-state index contributed by atoms with van der Waals surface area (Å²) in [6.07, 6.45) is 2.15. The van der Waals surface area contributed by atoms with Gasteiger partial charge in [0.1, 0.15) is 21.5 Å². The Morgan fingerprint density at radius 1 is 1.38 bits per heavy atom. The summed E-state index contributed by atoms with van der Waals surface area (Å²) in [5.74, 6) is -0.141. The van der Waals surface area contributed by atoms with Crippen molar-refractivity contribution >= 4 is 27.9 Å². The van der Waals surface area contributed by atoms with E-state index in [1.807, 2.05) is 0 Å². The molecule has 0 aromatic carbocycles. The smallest absolute Gasteiger partial charge is 0.265 e. The van der Waals surface area contributed by atoms with E-state index in [1.54, 1.807) is 14.1 Å². The van der Waals surface area contributed by atoms with E-state index < -0.39 is 0 Å². The zero-order valence-corrected chi connectivity index (χ0v) is 13.9. The predicted molar refractivity (Wildman–Crippen MR) is 86.7 cm³/mol. The van der Waals surface area contributed by atoms with Crippen molar-refractivity contribution in [2.75, 3.05) is 37.8 Å². The Morgan fingerprint density at radius 2 is 1.95 bits per heavy atom. The van der Waals surface area contributed by atoms with Gasteiger partial charge in [-0.05, 0) is 18.3 Å². The lowest BCUT2D eigenvalue weighted by Crippen LogP contribution is -2.37. The van der Waals surface area contributed by atoms with Gasteiger partial charge in [0.05, 0.1) is 5.69 Å². The number of nitrogen functional groups attached to an aromatic ring is 1. The minimum Gasteiger partial charge on any atom is -0.396 e. The fourth-order valence-corrected chi connectivity index (χ4v) is 3.68. The van der Waals surface area contributed by atoms with Crippen molar-refractivity contribution in [3.05, 3.63) is 10.4 Å². The van der Waals surface area contributed by atoms with Crippen LogP contribution in [0.2, 0.25) is 0 Å². The van der Waals surface area contributed by atoms with Crippen molar-refractivity contribution in [1.29, 1.82) is 5.26 Å². The minimum absolute atomic E-state index is 0.141. The predicted octanol–water partition coefficient (Wildman–Crippen LogP) is 2.53. The van der Waals surface area contributed by atoms with E-state index in [-0.39, 0.29) is 5.91 Å². The van der Waals surface area contributed by atoms with Crippen LogP contribution in [0.1, 0.15) is 41.9 Å². The van der Waals surface area contributed by atoms with Gasteiger partial charge >= 0.3 is 0 Å². The third kappa shape index (κ3) is 2.98. The molecular formula is C15H22N4OS. The molecule has 1 saturated heterocycles. The molecule has 1 aliphatic heterocycles. The zero-order chi connectivity index (χ0) is 15.8. The van der Waals surface area contributed by atoms with Gasteiger partial charge in [0.15, 0.2) is 0 Å². The van der Waals surface area contributed by atoms with Crippen molar-refractivity contribution < 1.29 is 4.79 Å². The van der Waals surface area contributed by atoms with Crippen molar-refractivity contribution in [1.82, 2.24) is 4.90 Å². The molecule has 1 fully saturated rings. The summed E-state index contributed by atoms with van der Waals surface area (Å²) >= 11 is 1.34. The molecule has 0 saturated carbocycles. The Balaban J connectivity index is 2.35. The first-order valence-corrected chi connectivity index (χ1v) is 7.87. The molecule has 0 atom stereocenters. The lowest BCUT2D eigenvalue weighted by molar-refractivity contribution is 0.0833. The molecule has 0 radical (unpaired) electrons. The van der Waals surface area contributed by atoms with Gasteiger partial charge < -0.3 is 15.5 Å². The number of anilines is 2. The molecular weight excluding hydrogens is 284 g/mol. The van der Waals surface area contributed by atoms with Crippen LogP contribution in [0.25, 0.3) is 0 Å². The van der Waals surface area contributed by atoms with E-state index in [9.17, 15) is 10.1 Å². The summed E-state index contributed by atoms with van der Waals surface area (Å²) in [4.78, 5) is 16.3. The fraction of sp³-hybridized carbons (Fsp3) is 0.600. The molecule has 21 heavy (non-hydrogen) atoms. The average Bonchev–Trinajstić information content (AvgIpc) is 2.74. The third-order valence-electron chi connectivity index (χ3n) is 4.04. The number of piperidine rings is 1. The van der Waals surface area contributed by atoms with Gasteiger partial charge in [-0.25, -0.2) is 0 Å². The number of hydrogen-bond donors (Lipinski definition) is 1. The van der Waals surface area contributed by atoms with Crippen LogP contribution in [0.3, 0.4) is 0 Å². The van der Waals surface area contributed by atoms with E-state index >= 15 is 0 Å². The molecule has 1 aliphatic rings. The van der Waals surface area contributed by atoms with Crippen molar-refractivity contribution in [3.8, 4) is 6.07 Å². The molecule has 1 amide bonds. The number of thiophene rings is 1. The highest BCUT2D eigenvalue weighted by molar-refractivity contribution is 7.19. The SMILES string of the molecule is CN(C)C(=O)c1sc(N2CCC(C)(C)CC2)c(C#N)c1N. The number of carbonyl (C=O) groups excluding carboxylic acids is 1. The van der Waals surface area contributed by atoms with Gasteiger partial charge in [-0.2, -0.15) is 5.26 Å². The average molecular weight is 306 g/mol. The maximum atomic E-state index is 12.2. The van der Waals surface area contributed by atoms with E-state index in [0.29, 0.717) is 21.5 Å². The lowest BCUT2D eigenvalue weighted by Gasteiger charge is -2.37. The van der Waals surface area contributed by atoms with Gasteiger partial charge in [0.2, 0.25) is 0 Å². The van der Waals surface area contributed by atoms with Crippen molar-refractivity contribution in [2.45, 2.75) is 26.7 Å². The number of nitrogens with two attached hydrogens (primary N) is 1.